The van der Waals surface area contributed by atoms with Crippen LogP contribution in [-0.2, 0) is 24.7 Å². The molecule has 1 atom stereocenters. The molecule has 0 spiro atoms. The lowest BCUT2D eigenvalue weighted by Gasteiger charge is -2.26. The van der Waals surface area contributed by atoms with Crippen LogP contribution in [-0.4, -0.2) is 53.1 Å². The van der Waals surface area contributed by atoms with Crippen LogP contribution in [0.15, 0.2) is 18.2 Å². The van der Waals surface area contributed by atoms with E-state index in [2.05, 4.69) is 5.32 Å². The number of sulfonamides is 1. The van der Waals surface area contributed by atoms with Crippen LogP contribution in [0.2, 0.25) is 0 Å². The van der Waals surface area contributed by atoms with Gasteiger partial charge in [-0.05, 0) is 31.4 Å². The first-order chi connectivity index (χ1) is 11.0. The normalized spacial score (nSPS) is 19.9. The summed E-state index contributed by atoms with van der Waals surface area (Å²) in [7, 11) is -6.77. The zero-order valence-corrected chi connectivity index (χ0v) is 15.6. The Morgan fingerprint density at radius 1 is 1.29 bits per heavy atom. The third-order valence-corrected chi connectivity index (χ3v) is 6.85. The Labute approximate surface area is 143 Å². The molecule has 1 aliphatic heterocycles. The molecule has 1 fully saturated rings. The maximum Gasteiger partial charge on any atom is 0.241 e. The highest BCUT2D eigenvalue weighted by molar-refractivity contribution is 7.92. The number of carbonyl (C=O) groups excluding carboxylic acids is 1. The number of aryl methyl sites for hydroxylation is 2. The van der Waals surface area contributed by atoms with Crippen molar-refractivity contribution in [1.29, 1.82) is 0 Å². The van der Waals surface area contributed by atoms with Gasteiger partial charge in [0.1, 0.15) is 6.54 Å². The summed E-state index contributed by atoms with van der Waals surface area (Å²) < 4.78 is 48.3. The molecule has 1 unspecified atom stereocenters. The molecule has 1 N–H and O–H groups in total. The van der Waals surface area contributed by atoms with E-state index in [9.17, 15) is 21.6 Å². The summed E-state index contributed by atoms with van der Waals surface area (Å²) in [6, 6.07) is 4.92. The molecular weight excluding hydrogens is 352 g/mol. The molecule has 24 heavy (non-hydrogen) atoms. The number of amides is 1. The molecule has 1 aromatic carbocycles. The van der Waals surface area contributed by atoms with Crippen molar-refractivity contribution in [3.63, 3.8) is 0 Å². The molecule has 0 radical (unpaired) electrons. The van der Waals surface area contributed by atoms with Gasteiger partial charge in [-0.1, -0.05) is 18.2 Å². The average molecular weight is 374 g/mol. The number of benzene rings is 1. The molecule has 0 saturated carbocycles. The summed E-state index contributed by atoms with van der Waals surface area (Å²) in [4.78, 5) is 12.3. The number of carbonyl (C=O) groups is 1. The zero-order chi connectivity index (χ0) is 18.1. The van der Waals surface area contributed by atoms with Gasteiger partial charge in [0.15, 0.2) is 9.84 Å². The first kappa shape index (κ1) is 18.7. The topological polar surface area (TPSA) is 101 Å². The molecule has 2 rings (SSSR count). The van der Waals surface area contributed by atoms with Gasteiger partial charge in [0.25, 0.3) is 0 Å². The van der Waals surface area contributed by atoms with Gasteiger partial charge >= 0.3 is 0 Å². The summed E-state index contributed by atoms with van der Waals surface area (Å²) in [6.07, 6.45) is 1.41. The molecule has 9 heteroatoms. The first-order valence-electron chi connectivity index (χ1n) is 7.53. The maximum absolute atomic E-state index is 12.3. The number of rotatable bonds is 5. The number of sulfone groups is 1. The van der Waals surface area contributed by atoms with Crippen molar-refractivity contribution in [3.8, 4) is 0 Å². The first-order valence-corrected chi connectivity index (χ1v) is 11.2. The molecule has 0 bridgehead atoms. The molecule has 1 saturated heterocycles. The van der Waals surface area contributed by atoms with E-state index >= 15 is 0 Å². The van der Waals surface area contributed by atoms with Gasteiger partial charge in [0, 0.05) is 6.04 Å². The Hall–Kier alpha value is -1.61. The van der Waals surface area contributed by atoms with Crippen molar-refractivity contribution in [3.05, 3.63) is 29.3 Å². The number of hydrogen-bond donors (Lipinski definition) is 1. The molecular formula is C15H22N2O5S2. The number of anilines is 1. The van der Waals surface area contributed by atoms with Crippen LogP contribution in [0, 0.1) is 13.8 Å². The molecule has 1 aromatic rings. The van der Waals surface area contributed by atoms with Crippen molar-refractivity contribution in [1.82, 2.24) is 5.32 Å². The monoisotopic (exact) mass is 374 g/mol. The zero-order valence-electron chi connectivity index (χ0n) is 13.9. The highest BCUT2D eigenvalue weighted by Gasteiger charge is 2.30. The summed E-state index contributed by atoms with van der Waals surface area (Å²) in [5.74, 6) is -0.559. The van der Waals surface area contributed by atoms with Crippen molar-refractivity contribution in [2.45, 2.75) is 26.3 Å². The number of hydrogen-bond acceptors (Lipinski definition) is 5. The molecule has 134 valence electrons. The van der Waals surface area contributed by atoms with E-state index in [0.29, 0.717) is 12.1 Å². The van der Waals surface area contributed by atoms with Gasteiger partial charge < -0.3 is 5.32 Å². The van der Waals surface area contributed by atoms with E-state index in [1.54, 1.807) is 26.0 Å². The third kappa shape index (κ3) is 4.47. The van der Waals surface area contributed by atoms with Gasteiger partial charge in [0.2, 0.25) is 15.9 Å². The molecule has 7 nitrogen and oxygen atoms in total. The van der Waals surface area contributed by atoms with Crippen LogP contribution >= 0.6 is 0 Å². The largest absolute Gasteiger partial charge is 0.351 e. The van der Waals surface area contributed by atoms with Gasteiger partial charge in [-0.15, -0.1) is 0 Å². The van der Waals surface area contributed by atoms with Crippen molar-refractivity contribution >= 4 is 31.5 Å². The van der Waals surface area contributed by atoms with Crippen molar-refractivity contribution < 1.29 is 21.6 Å². The van der Waals surface area contributed by atoms with Gasteiger partial charge in [-0.3, -0.25) is 9.10 Å². The lowest BCUT2D eigenvalue weighted by atomic mass is 10.1. The summed E-state index contributed by atoms with van der Waals surface area (Å²) in [5.41, 5.74) is 1.97. The molecule has 0 aliphatic carbocycles. The Bertz CT molecular complexity index is 826. The molecule has 1 aliphatic rings. The highest BCUT2D eigenvalue weighted by Crippen LogP contribution is 2.26. The summed E-state index contributed by atoms with van der Waals surface area (Å²) in [5, 5.41) is 2.62. The quantitative estimate of drug-likeness (QED) is 0.803. The average Bonchev–Trinajstić information content (AvgIpc) is 2.75. The Morgan fingerprint density at radius 2 is 1.88 bits per heavy atom. The number of nitrogens with one attached hydrogen (secondary N) is 1. The number of para-hydroxylation sites is 1. The van der Waals surface area contributed by atoms with Gasteiger partial charge in [-0.25, -0.2) is 16.8 Å². The Kier molecular flexibility index (Phi) is 5.24. The minimum atomic E-state index is -3.66. The maximum atomic E-state index is 12.3. The van der Waals surface area contributed by atoms with Crippen molar-refractivity contribution in [2.24, 2.45) is 0 Å². The summed E-state index contributed by atoms with van der Waals surface area (Å²) >= 11 is 0. The van der Waals surface area contributed by atoms with Gasteiger partial charge in [0.05, 0.1) is 23.4 Å². The fourth-order valence-electron chi connectivity index (χ4n) is 2.87. The highest BCUT2D eigenvalue weighted by atomic mass is 32.2. The second-order valence-corrected chi connectivity index (χ2v) is 10.3. The predicted molar refractivity (Wildman–Crippen MR) is 93.3 cm³/mol. The van der Waals surface area contributed by atoms with Crippen LogP contribution in [0.4, 0.5) is 5.69 Å². The fourth-order valence-corrected chi connectivity index (χ4v) is 5.52. The van der Waals surface area contributed by atoms with E-state index in [-0.39, 0.29) is 18.1 Å². The third-order valence-electron chi connectivity index (χ3n) is 3.97. The lowest BCUT2D eigenvalue weighted by molar-refractivity contribution is -0.120. The van der Waals surface area contributed by atoms with Gasteiger partial charge in [-0.2, -0.15) is 0 Å². The van der Waals surface area contributed by atoms with Crippen LogP contribution < -0.4 is 9.62 Å². The van der Waals surface area contributed by atoms with Crippen LogP contribution in [0.1, 0.15) is 17.5 Å². The molecule has 1 amide bonds. The smallest absolute Gasteiger partial charge is 0.241 e. The molecule has 1 heterocycles. The second-order valence-electron chi connectivity index (χ2n) is 6.18. The van der Waals surface area contributed by atoms with Crippen LogP contribution in [0.5, 0.6) is 0 Å². The van der Waals surface area contributed by atoms with E-state index in [1.165, 1.54) is 0 Å². The van der Waals surface area contributed by atoms with E-state index in [4.69, 9.17) is 0 Å². The SMILES string of the molecule is Cc1cccc(C)c1N(CC(=O)NC1CCS(=O)(=O)C1)S(C)(=O)=O. The van der Waals surface area contributed by atoms with Crippen LogP contribution in [0.25, 0.3) is 0 Å². The van der Waals surface area contributed by atoms with Crippen LogP contribution in [0.3, 0.4) is 0 Å². The van der Waals surface area contributed by atoms with E-state index in [1.807, 2.05) is 6.07 Å². The van der Waals surface area contributed by atoms with E-state index < -0.39 is 31.8 Å². The predicted octanol–water partition coefficient (Wildman–Crippen LogP) is 0.373. The Balaban J connectivity index is 2.20. The summed E-state index contributed by atoms with van der Waals surface area (Å²) in [6.45, 7) is 3.19. The Morgan fingerprint density at radius 3 is 2.33 bits per heavy atom. The minimum absolute atomic E-state index is 0.0463. The van der Waals surface area contributed by atoms with E-state index in [0.717, 1.165) is 21.7 Å². The number of nitrogens with zero attached hydrogens (tertiary/aromatic N) is 1. The fraction of sp³-hybridized carbons (Fsp3) is 0.533. The minimum Gasteiger partial charge on any atom is -0.351 e. The standard InChI is InChI=1S/C15H22N2O5S2/c1-11-5-4-6-12(2)15(11)17(23(3,19)20)9-14(18)16-13-7-8-24(21,22)10-13/h4-6,13H,7-10H2,1-3H3,(H,16,18). The molecule has 0 aromatic heterocycles. The second kappa shape index (κ2) is 6.72. The van der Waals surface area contributed by atoms with Crippen molar-refractivity contribution in [2.75, 3.05) is 28.6 Å². The lowest BCUT2D eigenvalue weighted by Crippen LogP contribution is -2.44.